The van der Waals surface area contributed by atoms with Gasteiger partial charge in [-0.25, -0.2) is 9.78 Å². The fourth-order valence-electron chi connectivity index (χ4n) is 2.49. The Morgan fingerprint density at radius 1 is 1.27 bits per heavy atom. The largest absolute Gasteiger partial charge is 0.465 e. The number of aromatic nitrogens is 2. The number of ether oxygens (including phenoxy) is 1. The van der Waals surface area contributed by atoms with Gasteiger partial charge in [-0.1, -0.05) is 29.8 Å². The van der Waals surface area contributed by atoms with E-state index in [-0.39, 0.29) is 5.97 Å². The summed E-state index contributed by atoms with van der Waals surface area (Å²) in [6, 6.07) is 13.1. The molecule has 0 aliphatic carbocycles. The van der Waals surface area contributed by atoms with E-state index in [4.69, 9.17) is 16.3 Å². The van der Waals surface area contributed by atoms with E-state index in [1.165, 1.54) is 7.11 Å². The molecule has 0 amide bonds. The van der Waals surface area contributed by atoms with Gasteiger partial charge in [-0.15, -0.1) is 0 Å². The highest BCUT2D eigenvalue weighted by molar-refractivity contribution is 6.31. The number of hydrogen-bond donors (Lipinski definition) is 0. The smallest absolute Gasteiger partial charge is 0.337 e. The van der Waals surface area contributed by atoms with Crippen molar-refractivity contribution in [3.05, 3.63) is 64.4 Å². The van der Waals surface area contributed by atoms with E-state index >= 15 is 0 Å². The van der Waals surface area contributed by atoms with Crippen LogP contribution in [0, 0.1) is 6.92 Å². The van der Waals surface area contributed by atoms with Crippen molar-refractivity contribution in [2.45, 2.75) is 13.5 Å². The average molecular weight is 315 g/mol. The quantitative estimate of drug-likeness (QED) is 0.690. The molecule has 0 aliphatic heterocycles. The highest BCUT2D eigenvalue weighted by Crippen LogP contribution is 2.22. The molecular weight excluding hydrogens is 300 g/mol. The zero-order valence-electron chi connectivity index (χ0n) is 12.3. The number of nitrogens with zero attached hydrogens (tertiary/aromatic N) is 2. The van der Waals surface area contributed by atoms with Gasteiger partial charge in [0.15, 0.2) is 0 Å². The summed E-state index contributed by atoms with van der Waals surface area (Å²) in [5, 5.41) is 0.731. The lowest BCUT2D eigenvalue weighted by Gasteiger charge is -2.09. The van der Waals surface area contributed by atoms with E-state index in [0.717, 1.165) is 27.4 Å². The first-order valence-electron chi connectivity index (χ1n) is 6.89. The van der Waals surface area contributed by atoms with Crippen LogP contribution in [-0.2, 0) is 11.3 Å². The summed E-state index contributed by atoms with van der Waals surface area (Å²) < 4.78 is 6.82. The molecule has 0 aliphatic rings. The highest BCUT2D eigenvalue weighted by Gasteiger charge is 2.12. The number of methoxy groups -OCH3 is 1. The van der Waals surface area contributed by atoms with Crippen LogP contribution in [-0.4, -0.2) is 22.6 Å². The first-order valence-corrected chi connectivity index (χ1v) is 7.26. The fourth-order valence-corrected chi connectivity index (χ4v) is 2.69. The maximum Gasteiger partial charge on any atom is 0.337 e. The third-order valence-corrected chi connectivity index (χ3v) is 4.02. The monoisotopic (exact) mass is 314 g/mol. The van der Waals surface area contributed by atoms with Crippen molar-refractivity contribution in [1.29, 1.82) is 0 Å². The van der Waals surface area contributed by atoms with E-state index in [0.29, 0.717) is 12.1 Å². The standard InChI is InChI=1S/C17H15ClN2O2/c1-11-19-15-9-12(17(21)22-2)7-8-16(15)20(11)10-13-5-3-4-6-14(13)18/h3-9H,10H2,1-2H3. The van der Waals surface area contributed by atoms with Crippen LogP contribution in [0.2, 0.25) is 5.02 Å². The molecule has 0 bridgehead atoms. The van der Waals surface area contributed by atoms with E-state index in [1.807, 2.05) is 37.3 Å². The van der Waals surface area contributed by atoms with Crippen molar-refractivity contribution in [3.63, 3.8) is 0 Å². The Labute approximate surface area is 133 Å². The van der Waals surface area contributed by atoms with Crippen LogP contribution in [0.5, 0.6) is 0 Å². The van der Waals surface area contributed by atoms with Crippen molar-refractivity contribution in [2.24, 2.45) is 0 Å². The number of benzene rings is 2. The van der Waals surface area contributed by atoms with Gasteiger partial charge in [0, 0.05) is 5.02 Å². The van der Waals surface area contributed by atoms with Gasteiger partial charge >= 0.3 is 5.97 Å². The van der Waals surface area contributed by atoms with E-state index < -0.39 is 0 Å². The van der Waals surface area contributed by atoms with Gasteiger partial charge in [-0.3, -0.25) is 0 Å². The zero-order valence-corrected chi connectivity index (χ0v) is 13.1. The lowest BCUT2D eigenvalue weighted by Crippen LogP contribution is -2.03. The molecule has 3 aromatic rings. The minimum atomic E-state index is -0.361. The summed E-state index contributed by atoms with van der Waals surface area (Å²) in [6.07, 6.45) is 0. The second-order valence-corrected chi connectivity index (χ2v) is 5.44. The highest BCUT2D eigenvalue weighted by atomic mass is 35.5. The Kier molecular flexibility index (Phi) is 3.86. The number of fused-ring (bicyclic) bond motifs is 1. The predicted molar refractivity (Wildman–Crippen MR) is 86.4 cm³/mol. The van der Waals surface area contributed by atoms with Gasteiger partial charge in [0.05, 0.1) is 30.3 Å². The number of carbonyl (C=O) groups is 1. The lowest BCUT2D eigenvalue weighted by molar-refractivity contribution is 0.0601. The summed E-state index contributed by atoms with van der Waals surface area (Å²) in [7, 11) is 1.37. The number of rotatable bonds is 3. The molecule has 0 saturated carbocycles. The second kappa shape index (κ2) is 5.81. The molecule has 0 spiro atoms. The maximum atomic E-state index is 11.6. The molecule has 2 aromatic carbocycles. The van der Waals surface area contributed by atoms with Crippen molar-refractivity contribution >= 4 is 28.6 Å². The molecule has 22 heavy (non-hydrogen) atoms. The molecule has 0 N–H and O–H groups in total. The molecule has 0 saturated heterocycles. The molecule has 1 heterocycles. The Morgan fingerprint density at radius 2 is 2.05 bits per heavy atom. The summed E-state index contributed by atoms with van der Waals surface area (Å²) in [5.41, 5.74) is 3.26. The third kappa shape index (κ3) is 2.57. The van der Waals surface area contributed by atoms with E-state index in [2.05, 4.69) is 9.55 Å². The van der Waals surface area contributed by atoms with Crippen LogP contribution >= 0.6 is 11.6 Å². The SMILES string of the molecule is COC(=O)c1ccc2c(c1)nc(C)n2Cc1ccccc1Cl. The van der Waals surface area contributed by atoms with Gasteiger partial charge in [0.2, 0.25) is 0 Å². The molecule has 4 nitrogen and oxygen atoms in total. The molecule has 3 rings (SSSR count). The Balaban J connectivity index is 2.05. The maximum absolute atomic E-state index is 11.6. The number of hydrogen-bond acceptors (Lipinski definition) is 3. The molecule has 0 fully saturated rings. The van der Waals surface area contributed by atoms with Gasteiger partial charge in [0.1, 0.15) is 5.82 Å². The van der Waals surface area contributed by atoms with Crippen LogP contribution in [0.3, 0.4) is 0 Å². The zero-order chi connectivity index (χ0) is 15.7. The summed E-state index contributed by atoms with van der Waals surface area (Å²) in [4.78, 5) is 16.1. The topological polar surface area (TPSA) is 44.1 Å². The Hall–Kier alpha value is -2.33. The van der Waals surface area contributed by atoms with Gasteiger partial charge < -0.3 is 9.30 Å². The van der Waals surface area contributed by atoms with Crippen LogP contribution in [0.1, 0.15) is 21.7 Å². The van der Waals surface area contributed by atoms with Crippen molar-refractivity contribution in [3.8, 4) is 0 Å². The minimum Gasteiger partial charge on any atom is -0.465 e. The number of imidazole rings is 1. The van der Waals surface area contributed by atoms with Crippen molar-refractivity contribution in [2.75, 3.05) is 7.11 Å². The van der Waals surface area contributed by atoms with E-state index in [1.54, 1.807) is 12.1 Å². The van der Waals surface area contributed by atoms with Crippen LogP contribution < -0.4 is 0 Å². The van der Waals surface area contributed by atoms with Gasteiger partial charge in [-0.2, -0.15) is 0 Å². The van der Waals surface area contributed by atoms with Crippen LogP contribution in [0.4, 0.5) is 0 Å². The predicted octanol–water partition coefficient (Wildman–Crippen LogP) is 3.83. The third-order valence-electron chi connectivity index (χ3n) is 3.65. The number of esters is 1. The average Bonchev–Trinajstić information content (AvgIpc) is 2.83. The van der Waals surface area contributed by atoms with Gasteiger partial charge in [-0.05, 0) is 36.8 Å². The number of carbonyl (C=O) groups excluding carboxylic acids is 1. The minimum absolute atomic E-state index is 0.361. The Morgan fingerprint density at radius 3 is 2.77 bits per heavy atom. The number of halogens is 1. The van der Waals surface area contributed by atoms with Crippen LogP contribution in [0.25, 0.3) is 11.0 Å². The first-order chi connectivity index (χ1) is 10.6. The molecular formula is C17H15ClN2O2. The van der Waals surface area contributed by atoms with Crippen LogP contribution in [0.15, 0.2) is 42.5 Å². The number of aryl methyl sites for hydroxylation is 1. The molecule has 1 aromatic heterocycles. The molecule has 5 heteroatoms. The second-order valence-electron chi connectivity index (χ2n) is 5.03. The van der Waals surface area contributed by atoms with Gasteiger partial charge in [0.25, 0.3) is 0 Å². The summed E-state index contributed by atoms with van der Waals surface area (Å²) >= 11 is 6.24. The molecule has 112 valence electrons. The summed E-state index contributed by atoms with van der Waals surface area (Å²) in [6.45, 7) is 2.58. The van der Waals surface area contributed by atoms with Crippen molar-refractivity contribution in [1.82, 2.24) is 9.55 Å². The van der Waals surface area contributed by atoms with E-state index in [9.17, 15) is 4.79 Å². The molecule has 0 unspecified atom stereocenters. The molecule has 0 radical (unpaired) electrons. The van der Waals surface area contributed by atoms with Crippen molar-refractivity contribution < 1.29 is 9.53 Å². The Bertz CT molecular complexity index is 855. The lowest BCUT2D eigenvalue weighted by atomic mass is 10.2. The first kappa shape index (κ1) is 14.6. The normalized spacial score (nSPS) is 10.9. The molecule has 0 atom stereocenters. The summed E-state index contributed by atoms with van der Waals surface area (Å²) in [5.74, 6) is 0.511. The fraction of sp³-hybridized carbons (Fsp3) is 0.176.